The molecule has 4 heterocycles. The number of rotatable bonds is 6. The molecule has 3 fully saturated rings. The zero-order valence-corrected chi connectivity index (χ0v) is 17.4. The summed E-state index contributed by atoms with van der Waals surface area (Å²) < 4.78 is 22.2. The number of methoxy groups -OCH3 is 1. The van der Waals surface area contributed by atoms with Crippen LogP contribution >= 0.6 is 0 Å². The Kier molecular flexibility index (Phi) is 6.82. The van der Waals surface area contributed by atoms with Gasteiger partial charge in [-0.05, 0) is 44.4 Å². The quantitative estimate of drug-likeness (QED) is 0.713. The predicted molar refractivity (Wildman–Crippen MR) is 104 cm³/mol. The predicted octanol–water partition coefficient (Wildman–Crippen LogP) is 2.02. The monoisotopic (exact) mass is 407 g/mol. The largest absolute Gasteiger partial charge is 0.384 e. The van der Waals surface area contributed by atoms with Gasteiger partial charge >= 0.3 is 0 Å². The molecule has 8 nitrogen and oxygen atoms in total. The van der Waals surface area contributed by atoms with Crippen LogP contribution in [0.25, 0.3) is 0 Å². The van der Waals surface area contributed by atoms with E-state index in [2.05, 4.69) is 10.1 Å². The number of aromatic nitrogens is 2. The third-order valence-electron chi connectivity index (χ3n) is 6.66. The highest BCUT2D eigenvalue weighted by Gasteiger charge is 2.42. The van der Waals surface area contributed by atoms with Gasteiger partial charge in [0, 0.05) is 58.8 Å². The van der Waals surface area contributed by atoms with E-state index in [4.69, 9.17) is 18.7 Å². The van der Waals surface area contributed by atoms with Gasteiger partial charge in [0.25, 0.3) is 0 Å². The number of likely N-dealkylation sites (tertiary alicyclic amines) is 1. The van der Waals surface area contributed by atoms with Crippen molar-refractivity contribution in [3.05, 3.63) is 11.7 Å². The SMILES string of the molecule is COCCc1noc(CC2CCOC3(CCN(C(=O)C4CCOCC4)CC3)C2)n1. The number of piperidine rings is 1. The van der Waals surface area contributed by atoms with Gasteiger partial charge in [-0.1, -0.05) is 5.16 Å². The Bertz CT molecular complexity index is 665. The molecule has 1 amide bonds. The van der Waals surface area contributed by atoms with Gasteiger partial charge in [-0.2, -0.15) is 4.98 Å². The molecule has 3 aliphatic heterocycles. The minimum Gasteiger partial charge on any atom is -0.384 e. The molecule has 1 aromatic rings. The molecular weight excluding hydrogens is 374 g/mol. The van der Waals surface area contributed by atoms with E-state index >= 15 is 0 Å². The van der Waals surface area contributed by atoms with Crippen LogP contribution < -0.4 is 0 Å². The van der Waals surface area contributed by atoms with Crippen LogP contribution in [0.1, 0.15) is 50.2 Å². The highest BCUT2D eigenvalue weighted by Crippen LogP contribution is 2.39. The zero-order chi connectivity index (χ0) is 20.1. The molecule has 0 aliphatic carbocycles. The van der Waals surface area contributed by atoms with E-state index < -0.39 is 0 Å². The summed E-state index contributed by atoms with van der Waals surface area (Å²) in [4.78, 5) is 19.4. The highest BCUT2D eigenvalue weighted by molar-refractivity contribution is 5.79. The summed E-state index contributed by atoms with van der Waals surface area (Å²) in [5.74, 6) is 2.36. The fraction of sp³-hybridized carbons (Fsp3) is 0.857. The number of hydrogen-bond donors (Lipinski definition) is 0. The smallest absolute Gasteiger partial charge is 0.226 e. The number of amides is 1. The fourth-order valence-electron chi connectivity index (χ4n) is 4.90. The molecule has 162 valence electrons. The molecule has 8 heteroatoms. The molecule has 3 saturated heterocycles. The molecule has 0 radical (unpaired) electrons. The number of carbonyl (C=O) groups excluding carboxylic acids is 1. The van der Waals surface area contributed by atoms with Gasteiger partial charge in [-0.15, -0.1) is 0 Å². The average molecular weight is 408 g/mol. The molecule has 4 rings (SSSR count). The van der Waals surface area contributed by atoms with Crippen LogP contribution in [0.4, 0.5) is 0 Å². The van der Waals surface area contributed by atoms with Crippen molar-refractivity contribution in [1.82, 2.24) is 15.0 Å². The van der Waals surface area contributed by atoms with Gasteiger partial charge in [-0.3, -0.25) is 4.79 Å². The molecule has 0 aromatic carbocycles. The molecule has 0 N–H and O–H groups in total. The maximum atomic E-state index is 12.8. The molecule has 1 atom stereocenters. The van der Waals surface area contributed by atoms with Crippen molar-refractivity contribution in [3.8, 4) is 0 Å². The highest BCUT2D eigenvalue weighted by atomic mass is 16.5. The van der Waals surface area contributed by atoms with Crippen molar-refractivity contribution < 1.29 is 23.5 Å². The Morgan fingerprint density at radius 2 is 2.00 bits per heavy atom. The van der Waals surface area contributed by atoms with Crippen LogP contribution in [0.3, 0.4) is 0 Å². The molecule has 3 aliphatic rings. The van der Waals surface area contributed by atoms with Gasteiger partial charge in [0.1, 0.15) is 0 Å². The standard InChI is InChI=1S/C21H33N3O5/c1-26-10-5-18-22-19(29-23-18)14-16-2-13-28-21(15-16)6-8-24(9-7-21)20(25)17-3-11-27-12-4-17/h16-17H,2-15H2,1H3. The normalized spacial score (nSPS) is 25.4. The van der Waals surface area contributed by atoms with Gasteiger partial charge < -0.3 is 23.6 Å². The van der Waals surface area contributed by atoms with Crippen molar-refractivity contribution in [1.29, 1.82) is 0 Å². The van der Waals surface area contributed by atoms with Crippen LogP contribution in [0.5, 0.6) is 0 Å². The molecule has 29 heavy (non-hydrogen) atoms. The minimum absolute atomic E-state index is 0.103. The summed E-state index contributed by atoms with van der Waals surface area (Å²) in [6.45, 7) is 4.38. The van der Waals surface area contributed by atoms with Gasteiger partial charge in [0.15, 0.2) is 5.82 Å². The lowest BCUT2D eigenvalue weighted by atomic mass is 9.78. The third-order valence-corrected chi connectivity index (χ3v) is 6.66. The van der Waals surface area contributed by atoms with Crippen LogP contribution in [0, 0.1) is 11.8 Å². The van der Waals surface area contributed by atoms with Crippen molar-refractivity contribution in [2.75, 3.05) is 46.6 Å². The molecule has 0 bridgehead atoms. The van der Waals surface area contributed by atoms with Crippen molar-refractivity contribution in [2.45, 2.75) is 57.0 Å². The Hall–Kier alpha value is -1.51. The lowest BCUT2D eigenvalue weighted by Gasteiger charge is -2.46. The first kappa shape index (κ1) is 20.8. The van der Waals surface area contributed by atoms with E-state index in [0.717, 1.165) is 64.6 Å². The lowest BCUT2D eigenvalue weighted by Crippen LogP contribution is -2.52. The van der Waals surface area contributed by atoms with Crippen molar-refractivity contribution in [3.63, 3.8) is 0 Å². The summed E-state index contributed by atoms with van der Waals surface area (Å²) in [5, 5.41) is 4.05. The second kappa shape index (κ2) is 9.53. The zero-order valence-electron chi connectivity index (χ0n) is 17.4. The molecular formula is C21H33N3O5. The number of hydrogen-bond acceptors (Lipinski definition) is 7. The van der Waals surface area contributed by atoms with Crippen molar-refractivity contribution in [2.24, 2.45) is 11.8 Å². The maximum absolute atomic E-state index is 12.8. The Morgan fingerprint density at radius 1 is 1.21 bits per heavy atom. The summed E-state index contributed by atoms with van der Waals surface area (Å²) in [6, 6.07) is 0. The second-order valence-electron chi connectivity index (χ2n) is 8.65. The van der Waals surface area contributed by atoms with Gasteiger partial charge in [-0.25, -0.2) is 0 Å². The molecule has 0 saturated carbocycles. The summed E-state index contributed by atoms with van der Waals surface area (Å²) in [7, 11) is 1.67. The second-order valence-corrected chi connectivity index (χ2v) is 8.65. The maximum Gasteiger partial charge on any atom is 0.226 e. The number of carbonyl (C=O) groups is 1. The lowest BCUT2D eigenvalue weighted by molar-refractivity contribution is -0.152. The van der Waals surface area contributed by atoms with Crippen LogP contribution in [-0.4, -0.2) is 73.2 Å². The van der Waals surface area contributed by atoms with Gasteiger partial charge in [0.05, 0.1) is 12.2 Å². The van der Waals surface area contributed by atoms with Crippen LogP contribution in [-0.2, 0) is 31.8 Å². The molecule has 1 spiro atoms. The van der Waals surface area contributed by atoms with E-state index in [0.29, 0.717) is 49.8 Å². The van der Waals surface area contributed by atoms with E-state index in [1.807, 2.05) is 4.90 Å². The summed E-state index contributed by atoms with van der Waals surface area (Å²) in [6.07, 6.45) is 7.04. The Morgan fingerprint density at radius 3 is 2.76 bits per heavy atom. The minimum atomic E-state index is -0.103. The van der Waals surface area contributed by atoms with E-state index in [1.165, 1.54) is 0 Å². The van der Waals surface area contributed by atoms with E-state index in [-0.39, 0.29) is 11.5 Å². The topological polar surface area (TPSA) is 86.9 Å². The van der Waals surface area contributed by atoms with E-state index in [1.54, 1.807) is 7.11 Å². The number of ether oxygens (including phenoxy) is 3. The first-order valence-electron chi connectivity index (χ1n) is 11.0. The van der Waals surface area contributed by atoms with Crippen LogP contribution in [0.15, 0.2) is 4.52 Å². The fourth-order valence-corrected chi connectivity index (χ4v) is 4.90. The third kappa shape index (κ3) is 5.16. The Labute approximate surface area is 172 Å². The van der Waals surface area contributed by atoms with Gasteiger partial charge in [0.2, 0.25) is 11.8 Å². The first-order valence-corrected chi connectivity index (χ1v) is 11.0. The summed E-state index contributed by atoms with van der Waals surface area (Å²) in [5.41, 5.74) is -0.103. The van der Waals surface area contributed by atoms with Crippen LogP contribution in [0.2, 0.25) is 0 Å². The van der Waals surface area contributed by atoms with Crippen molar-refractivity contribution >= 4 is 5.91 Å². The average Bonchev–Trinajstić information content (AvgIpc) is 3.20. The Balaban J connectivity index is 1.28. The molecule has 1 unspecified atom stereocenters. The number of nitrogens with zero attached hydrogens (tertiary/aromatic N) is 3. The first-order chi connectivity index (χ1) is 14.2. The molecule has 1 aromatic heterocycles. The van der Waals surface area contributed by atoms with E-state index in [9.17, 15) is 4.79 Å². The summed E-state index contributed by atoms with van der Waals surface area (Å²) >= 11 is 0.